The molecule has 1 aliphatic carbocycles. The summed E-state index contributed by atoms with van der Waals surface area (Å²) in [6.07, 6.45) is -0.509. The maximum absolute atomic E-state index is 13.1. The molecule has 0 spiro atoms. The molecule has 0 radical (unpaired) electrons. The molecule has 2 N–H and O–H groups in total. The lowest BCUT2D eigenvalue weighted by Gasteiger charge is -2.16. The van der Waals surface area contributed by atoms with Gasteiger partial charge >= 0.3 is 6.18 Å². The van der Waals surface area contributed by atoms with E-state index in [1.54, 1.807) is 0 Å². The van der Waals surface area contributed by atoms with Gasteiger partial charge in [-0.05, 0) is 24.5 Å². The van der Waals surface area contributed by atoms with Crippen LogP contribution in [-0.4, -0.2) is 16.0 Å². The van der Waals surface area contributed by atoms with Gasteiger partial charge in [0.05, 0.1) is 0 Å². The van der Waals surface area contributed by atoms with Crippen molar-refractivity contribution in [1.82, 2.24) is 9.97 Å². The molecule has 1 fully saturated rings. The maximum Gasteiger partial charge on any atom is 0.433 e. The van der Waals surface area contributed by atoms with E-state index in [0.29, 0.717) is 6.54 Å². The summed E-state index contributed by atoms with van der Waals surface area (Å²) in [6.45, 7) is 0.360. The molecule has 4 nitrogen and oxygen atoms in total. The summed E-state index contributed by atoms with van der Waals surface area (Å²) in [5.74, 6) is 0.176. The number of halogens is 4. The van der Waals surface area contributed by atoms with E-state index in [1.165, 1.54) is 0 Å². The van der Waals surface area contributed by atoms with Crippen molar-refractivity contribution in [2.75, 3.05) is 10.6 Å². The van der Waals surface area contributed by atoms with Crippen molar-refractivity contribution in [1.29, 1.82) is 0 Å². The second-order valence-electron chi connectivity index (χ2n) is 6.03. The van der Waals surface area contributed by atoms with Crippen molar-refractivity contribution in [3.05, 3.63) is 46.1 Å². The summed E-state index contributed by atoms with van der Waals surface area (Å²) in [6, 6.07) is 8.60. The van der Waals surface area contributed by atoms with E-state index >= 15 is 0 Å². The van der Waals surface area contributed by atoms with Crippen LogP contribution in [-0.2, 0) is 12.7 Å². The fraction of sp³-hybridized carbons (Fsp3) is 0.412. The van der Waals surface area contributed by atoms with Crippen molar-refractivity contribution >= 4 is 27.7 Å². The van der Waals surface area contributed by atoms with Gasteiger partial charge in [-0.1, -0.05) is 47.0 Å². The first-order chi connectivity index (χ1) is 11.9. The second-order valence-corrected chi connectivity index (χ2v) is 6.88. The number of aromatic nitrogens is 2. The zero-order valence-corrected chi connectivity index (χ0v) is 15.0. The molecule has 0 saturated heterocycles. The average Bonchev–Trinajstić information content (AvgIpc) is 3.06. The monoisotopic (exact) mass is 414 g/mol. The van der Waals surface area contributed by atoms with Crippen LogP contribution >= 0.6 is 15.9 Å². The number of hydrogen-bond acceptors (Lipinski definition) is 4. The van der Waals surface area contributed by atoms with Crippen molar-refractivity contribution in [3.63, 3.8) is 0 Å². The summed E-state index contributed by atoms with van der Waals surface area (Å²) in [4.78, 5) is 7.85. The quantitative estimate of drug-likeness (QED) is 0.703. The summed E-state index contributed by atoms with van der Waals surface area (Å²) in [7, 11) is 0. The molecule has 134 valence electrons. The molecule has 1 aliphatic rings. The van der Waals surface area contributed by atoms with Crippen LogP contribution in [0.25, 0.3) is 0 Å². The number of nitrogens with zero attached hydrogens (tertiary/aromatic N) is 2. The van der Waals surface area contributed by atoms with Crippen molar-refractivity contribution in [2.24, 2.45) is 0 Å². The Bertz CT molecular complexity index is 730. The fourth-order valence-electron chi connectivity index (χ4n) is 2.83. The Kier molecular flexibility index (Phi) is 5.46. The fourth-order valence-corrected chi connectivity index (χ4v) is 3.25. The molecule has 8 heteroatoms. The van der Waals surface area contributed by atoms with E-state index in [2.05, 4.69) is 36.5 Å². The number of benzene rings is 1. The molecule has 0 amide bonds. The van der Waals surface area contributed by atoms with Gasteiger partial charge in [0, 0.05) is 23.1 Å². The highest BCUT2D eigenvalue weighted by molar-refractivity contribution is 9.10. The third-order valence-corrected chi connectivity index (χ3v) is 4.90. The van der Waals surface area contributed by atoms with E-state index < -0.39 is 11.9 Å². The molecule has 25 heavy (non-hydrogen) atoms. The lowest BCUT2D eigenvalue weighted by Crippen LogP contribution is -2.19. The Morgan fingerprint density at radius 1 is 1.12 bits per heavy atom. The Morgan fingerprint density at radius 2 is 1.84 bits per heavy atom. The molecule has 1 aromatic carbocycles. The van der Waals surface area contributed by atoms with Crippen LogP contribution in [0.15, 0.2) is 34.8 Å². The van der Waals surface area contributed by atoms with E-state index in [1.807, 2.05) is 24.3 Å². The Hall–Kier alpha value is -1.83. The van der Waals surface area contributed by atoms with Gasteiger partial charge in [-0.25, -0.2) is 4.98 Å². The van der Waals surface area contributed by atoms with E-state index in [4.69, 9.17) is 0 Å². The van der Waals surface area contributed by atoms with Crippen LogP contribution in [0.3, 0.4) is 0 Å². The first-order valence-electron chi connectivity index (χ1n) is 8.12. The molecule has 0 aliphatic heterocycles. The predicted octanol–water partition coefficient (Wildman–Crippen LogP) is 5.22. The Balaban J connectivity index is 1.80. The average molecular weight is 415 g/mol. The van der Waals surface area contributed by atoms with Gasteiger partial charge < -0.3 is 10.6 Å². The van der Waals surface area contributed by atoms with Crippen LogP contribution in [0.4, 0.5) is 24.9 Å². The zero-order valence-electron chi connectivity index (χ0n) is 13.4. The molecule has 1 heterocycles. The third kappa shape index (κ3) is 4.84. The lowest BCUT2D eigenvalue weighted by molar-refractivity contribution is -0.141. The largest absolute Gasteiger partial charge is 0.433 e. The molecule has 2 aromatic rings. The van der Waals surface area contributed by atoms with Crippen LogP contribution < -0.4 is 10.6 Å². The summed E-state index contributed by atoms with van der Waals surface area (Å²) >= 11 is 3.42. The van der Waals surface area contributed by atoms with Crippen LogP contribution in [0.5, 0.6) is 0 Å². The Labute approximate surface area is 152 Å². The highest BCUT2D eigenvalue weighted by Crippen LogP contribution is 2.30. The standard InChI is InChI=1S/C17H18BrF3N4/c18-13-8-4-1-5-11(13)10-22-15-9-14(17(19,20)21)24-16(25-15)23-12-6-2-3-7-12/h1,4-5,8-9,12H,2-3,6-7,10H2,(H2,22,23,24,25). The molecular weight excluding hydrogens is 397 g/mol. The van der Waals surface area contributed by atoms with Crippen molar-refractivity contribution in [3.8, 4) is 0 Å². The minimum atomic E-state index is -4.52. The first kappa shape index (κ1) is 18.0. The summed E-state index contributed by atoms with van der Waals surface area (Å²) < 4.78 is 40.3. The topological polar surface area (TPSA) is 49.8 Å². The highest BCUT2D eigenvalue weighted by atomic mass is 79.9. The lowest BCUT2D eigenvalue weighted by atomic mass is 10.2. The number of alkyl halides is 3. The molecule has 1 saturated carbocycles. The SMILES string of the molecule is FC(F)(F)c1cc(NCc2ccccc2Br)nc(NC2CCCC2)n1. The van der Waals surface area contributed by atoms with E-state index in [9.17, 15) is 13.2 Å². The van der Waals surface area contributed by atoms with Crippen LogP contribution in [0.2, 0.25) is 0 Å². The van der Waals surface area contributed by atoms with E-state index in [-0.39, 0.29) is 17.8 Å². The first-order valence-corrected chi connectivity index (χ1v) is 8.91. The number of rotatable bonds is 5. The Morgan fingerprint density at radius 3 is 2.52 bits per heavy atom. The zero-order chi connectivity index (χ0) is 17.9. The molecule has 1 aromatic heterocycles. The molecular formula is C17H18BrF3N4. The summed E-state index contributed by atoms with van der Waals surface area (Å²) in [5, 5.41) is 5.99. The number of anilines is 2. The number of hydrogen-bond donors (Lipinski definition) is 2. The third-order valence-electron chi connectivity index (χ3n) is 4.12. The van der Waals surface area contributed by atoms with Gasteiger partial charge in [-0.2, -0.15) is 18.2 Å². The minimum Gasteiger partial charge on any atom is -0.366 e. The summed E-state index contributed by atoms with van der Waals surface area (Å²) in [5.41, 5.74) is -0.0161. The molecule has 0 atom stereocenters. The normalized spacial score (nSPS) is 15.4. The molecule has 0 bridgehead atoms. The van der Waals surface area contributed by atoms with Crippen LogP contribution in [0, 0.1) is 0 Å². The van der Waals surface area contributed by atoms with Gasteiger partial charge in [0.2, 0.25) is 5.95 Å². The molecule has 3 rings (SSSR count). The van der Waals surface area contributed by atoms with Crippen LogP contribution in [0.1, 0.15) is 36.9 Å². The second kappa shape index (κ2) is 7.59. The van der Waals surface area contributed by atoms with Gasteiger partial charge in [-0.15, -0.1) is 0 Å². The minimum absolute atomic E-state index is 0.0244. The van der Waals surface area contributed by atoms with Gasteiger partial charge in [-0.3, -0.25) is 0 Å². The maximum atomic E-state index is 13.1. The van der Waals surface area contributed by atoms with E-state index in [0.717, 1.165) is 41.8 Å². The molecule has 0 unspecified atom stereocenters. The van der Waals surface area contributed by atoms with Crippen molar-refractivity contribution < 1.29 is 13.2 Å². The number of nitrogens with one attached hydrogen (secondary N) is 2. The highest BCUT2D eigenvalue weighted by Gasteiger charge is 2.34. The van der Waals surface area contributed by atoms with Crippen molar-refractivity contribution in [2.45, 2.75) is 44.4 Å². The smallest absolute Gasteiger partial charge is 0.366 e. The van der Waals surface area contributed by atoms with Gasteiger partial charge in [0.25, 0.3) is 0 Å². The van der Waals surface area contributed by atoms with Gasteiger partial charge in [0.1, 0.15) is 5.82 Å². The predicted molar refractivity (Wildman–Crippen MR) is 94.4 cm³/mol. The van der Waals surface area contributed by atoms with Gasteiger partial charge in [0.15, 0.2) is 5.69 Å².